The van der Waals surface area contributed by atoms with Gasteiger partial charge in [-0.25, -0.2) is 0 Å². The van der Waals surface area contributed by atoms with Crippen molar-refractivity contribution in [3.05, 3.63) is 24.0 Å². The van der Waals surface area contributed by atoms with Crippen LogP contribution in [-0.4, -0.2) is 24.1 Å². The first-order valence-electron chi connectivity index (χ1n) is 4.68. The molecule has 1 aromatic rings. The molecule has 0 N–H and O–H groups in total. The molecule has 0 aliphatic heterocycles. The van der Waals surface area contributed by atoms with Crippen LogP contribution in [0.2, 0.25) is 0 Å². The quantitative estimate of drug-likeness (QED) is 0.516. The fourth-order valence-electron chi connectivity index (χ4n) is 1.19. The van der Waals surface area contributed by atoms with Crippen LogP contribution in [0.5, 0.6) is 0 Å². The number of carbonyl (C=O) groups is 1. The zero-order chi connectivity index (χ0) is 10.4. The van der Waals surface area contributed by atoms with E-state index in [1.807, 2.05) is 13.8 Å². The first-order valence-corrected chi connectivity index (χ1v) is 4.68. The maximum Gasteiger partial charge on any atom is 0.244 e. The van der Waals surface area contributed by atoms with Crippen LogP contribution in [0.3, 0.4) is 0 Å². The van der Waals surface area contributed by atoms with E-state index in [9.17, 15) is 4.79 Å². The van der Waals surface area contributed by atoms with Crippen molar-refractivity contribution >= 4 is 6.29 Å². The van der Waals surface area contributed by atoms with Crippen LogP contribution in [0.4, 0.5) is 0 Å². The topological polar surface area (TPSA) is 40.5 Å². The Morgan fingerprint density at radius 2 is 2.07 bits per heavy atom. The van der Waals surface area contributed by atoms with Gasteiger partial charge in [0, 0.05) is 19.4 Å². The van der Waals surface area contributed by atoms with E-state index in [4.69, 9.17) is 9.47 Å². The molecule has 0 saturated carbocycles. The molecule has 0 aliphatic carbocycles. The summed E-state index contributed by atoms with van der Waals surface area (Å²) in [6, 6.07) is 3.51. The Hall–Kier alpha value is -1.13. The molecule has 4 nitrogen and oxygen atoms in total. The molecule has 0 radical (unpaired) electrons. The Balaban J connectivity index is 2.80. The van der Waals surface area contributed by atoms with Gasteiger partial charge in [-0.3, -0.25) is 9.36 Å². The van der Waals surface area contributed by atoms with Gasteiger partial charge < -0.3 is 9.47 Å². The van der Waals surface area contributed by atoms with Crippen LogP contribution in [0.25, 0.3) is 0 Å². The van der Waals surface area contributed by atoms with Crippen molar-refractivity contribution in [1.29, 1.82) is 0 Å². The molecule has 1 rings (SSSR count). The Labute approximate surface area is 83.4 Å². The highest BCUT2D eigenvalue weighted by molar-refractivity contribution is 5.72. The number of hydrogen-bond acceptors (Lipinski definition) is 3. The zero-order valence-corrected chi connectivity index (χ0v) is 8.47. The number of carbonyl (C=O) groups excluding carboxylic acids is 1. The molecular formula is C10H15NO3. The van der Waals surface area contributed by atoms with Crippen molar-refractivity contribution in [3.63, 3.8) is 0 Å². The number of nitrogens with zero attached hydrogens (tertiary/aromatic N) is 1. The molecule has 1 aromatic heterocycles. The highest BCUT2D eigenvalue weighted by Crippen LogP contribution is 2.13. The minimum atomic E-state index is -0.500. The van der Waals surface area contributed by atoms with Crippen LogP contribution >= 0.6 is 0 Å². The van der Waals surface area contributed by atoms with Crippen molar-refractivity contribution in [2.24, 2.45) is 0 Å². The zero-order valence-electron chi connectivity index (χ0n) is 8.47. The summed E-state index contributed by atoms with van der Waals surface area (Å²) in [7, 11) is 0. The third-order valence-electron chi connectivity index (χ3n) is 1.78. The maximum atomic E-state index is 10.7. The van der Waals surface area contributed by atoms with Gasteiger partial charge in [-0.2, -0.15) is 0 Å². The molecule has 0 unspecified atom stereocenters. The van der Waals surface area contributed by atoms with Crippen molar-refractivity contribution in [2.75, 3.05) is 13.2 Å². The smallest absolute Gasteiger partial charge is 0.244 e. The second kappa shape index (κ2) is 5.57. The monoisotopic (exact) mass is 197 g/mol. The van der Waals surface area contributed by atoms with Gasteiger partial charge in [0.2, 0.25) is 6.41 Å². The molecule has 0 spiro atoms. The summed E-state index contributed by atoms with van der Waals surface area (Å²) >= 11 is 0. The van der Waals surface area contributed by atoms with E-state index in [0.717, 1.165) is 6.29 Å². The normalized spacial score (nSPS) is 10.8. The van der Waals surface area contributed by atoms with Gasteiger partial charge in [-0.05, 0) is 26.0 Å². The van der Waals surface area contributed by atoms with E-state index in [0.29, 0.717) is 18.9 Å². The average molecular weight is 197 g/mol. The van der Waals surface area contributed by atoms with Gasteiger partial charge in [0.1, 0.15) is 0 Å². The van der Waals surface area contributed by atoms with E-state index in [2.05, 4.69) is 0 Å². The van der Waals surface area contributed by atoms with Crippen molar-refractivity contribution in [2.45, 2.75) is 20.3 Å². The number of ether oxygens (including phenoxy) is 2. The lowest BCUT2D eigenvalue weighted by atomic mass is 10.5. The molecule has 0 amide bonds. The number of aromatic nitrogens is 1. The Morgan fingerprint density at radius 3 is 2.57 bits per heavy atom. The minimum absolute atomic E-state index is 0.500. The lowest BCUT2D eigenvalue weighted by molar-refractivity contribution is -0.186. The lowest BCUT2D eigenvalue weighted by Gasteiger charge is -2.19. The summed E-state index contributed by atoms with van der Waals surface area (Å²) in [6.45, 7) is 4.86. The van der Waals surface area contributed by atoms with Crippen LogP contribution < -0.4 is 0 Å². The largest absolute Gasteiger partial charge is 0.335 e. The Bertz CT molecular complexity index is 277. The predicted molar refractivity (Wildman–Crippen MR) is 52.1 cm³/mol. The van der Waals surface area contributed by atoms with E-state index in [1.165, 1.54) is 0 Å². The lowest BCUT2D eigenvalue weighted by Crippen LogP contribution is -2.17. The van der Waals surface area contributed by atoms with Gasteiger partial charge in [-0.15, -0.1) is 0 Å². The van der Waals surface area contributed by atoms with E-state index >= 15 is 0 Å². The molecule has 78 valence electrons. The fraction of sp³-hybridized carbons (Fsp3) is 0.500. The molecule has 0 aromatic carbocycles. The van der Waals surface area contributed by atoms with Crippen molar-refractivity contribution in [3.8, 4) is 0 Å². The van der Waals surface area contributed by atoms with E-state index in [-0.39, 0.29) is 0 Å². The predicted octanol–water partition coefficient (Wildman–Crippen LogP) is 1.83. The molecule has 0 fully saturated rings. The van der Waals surface area contributed by atoms with E-state index in [1.54, 1.807) is 22.9 Å². The third-order valence-corrected chi connectivity index (χ3v) is 1.78. The van der Waals surface area contributed by atoms with Crippen molar-refractivity contribution < 1.29 is 14.3 Å². The van der Waals surface area contributed by atoms with Crippen LogP contribution in [0, 0.1) is 0 Å². The molecule has 0 aliphatic rings. The Kier molecular flexibility index (Phi) is 4.35. The second-order valence-corrected chi connectivity index (χ2v) is 2.68. The number of aldehydes is 1. The summed E-state index contributed by atoms with van der Waals surface area (Å²) in [5, 5.41) is 0. The standard InChI is InChI=1S/C10H15NO3/c1-3-13-10(14-4-2)11-7-5-6-9(11)8-12/h5-8,10H,3-4H2,1-2H3. The second-order valence-electron chi connectivity index (χ2n) is 2.68. The summed E-state index contributed by atoms with van der Waals surface area (Å²) in [4.78, 5) is 10.7. The van der Waals surface area contributed by atoms with Crippen LogP contribution in [0.1, 0.15) is 30.7 Å². The number of rotatable bonds is 6. The number of hydrogen-bond donors (Lipinski definition) is 0. The first kappa shape index (κ1) is 10.9. The molecular weight excluding hydrogens is 182 g/mol. The molecule has 14 heavy (non-hydrogen) atoms. The average Bonchev–Trinajstić information content (AvgIpc) is 2.65. The summed E-state index contributed by atoms with van der Waals surface area (Å²) in [6.07, 6.45) is 2.05. The Morgan fingerprint density at radius 1 is 1.43 bits per heavy atom. The van der Waals surface area contributed by atoms with Gasteiger partial charge in [0.15, 0.2) is 6.29 Å². The summed E-state index contributed by atoms with van der Waals surface area (Å²) in [5.41, 5.74) is 0.553. The maximum absolute atomic E-state index is 10.7. The highest BCUT2D eigenvalue weighted by Gasteiger charge is 2.12. The van der Waals surface area contributed by atoms with Crippen LogP contribution in [0.15, 0.2) is 18.3 Å². The molecule has 1 heterocycles. The SMILES string of the molecule is CCOC(OCC)n1cccc1C=O. The fourth-order valence-corrected chi connectivity index (χ4v) is 1.19. The summed E-state index contributed by atoms with van der Waals surface area (Å²) in [5.74, 6) is 0. The first-order chi connectivity index (χ1) is 6.83. The van der Waals surface area contributed by atoms with Gasteiger partial charge >= 0.3 is 0 Å². The minimum Gasteiger partial charge on any atom is -0.335 e. The molecule has 0 atom stereocenters. The highest BCUT2D eigenvalue weighted by atomic mass is 16.7. The summed E-state index contributed by atoms with van der Waals surface area (Å²) < 4.78 is 12.4. The molecule has 0 saturated heterocycles. The third kappa shape index (κ3) is 2.43. The van der Waals surface area contributed by atoms with Gasteiger partial charge in [-0.1, -0.05) is 0 Å². The molecule has 0 bridgehead atoms. The van der Waals surface area contributed by atoms with E-state index < -0.39 is 6.41 Å². The van der Waals surface area contributed by atoms with Gasteiger partial charge in [0.25, 0.3) is 0 Å². The van der Waals surface area contributed by atoms with Crippen molar-refractivity contribution in [1.82, 2.24) is 4.57 Å². The van der Waals surface area contributed by atoms with Gasteiger partial charge in [0.05, 0.1) is 5.69 Å². The van der Waals surface area contributed by atoms with Crippen LogP contribution in [-0.2, 0) is 9.47 Å². The molecule has 4 heteroatoms.